The first-order chi connectivity index (χ1) is 16.5. The number of nitrogens with zero attached hydrogens (tertiary/aromatic N) is 3. The number of carbonyl (C=O) groups excluding carboxylic acids is 4. The van der Waals surface area contributed by atoms with Crippen LogP contribution in [0.4, 0.5) is 5.13 Å². The Balaban J connectivity index is 0.000000784. The fraction of sp³-hybridized carbons (Fsp3) is 0.389. The van der Waals surface area contributed by atoms with Crippen molar-refractivity contribution in [3.05, 3.63) is 22.3 Å². The van der Waals surface area contributed by atoms with Gasteiger partial charge in [0.25, 0.3) is 11.8 Å². The SMILES string of the molecule is CO/N=C(/C(=O)N[C@@H]1C(=O)N2C(C(=O)O)=C(COC(C)=O)CS[C@H]12)c1csc(N)n1.NC(=O)CCl. The number of fused-ring (bicyclic) bond motifs is 1. The maximum absolute atomic E-state index is 12.7. The highest BCUT2D eigenvalue weighted by Gasteiger charge is 2.54. The number of hydrogen-bond acceptors (Lipinski definition) is 12. The van der Waals surface area contributed by atoms with Gasteiger partial charge in [0.1, 0.15) is 42.4 Å². The second-order valence-corrected chi connectivity index (χ2v) is 8.95. The van der Waals surface area contributed by atoms with E-state index in [4.69, 9.17) is 22.1 Å². The summed E-state index contributed by atoms with van der Waals surface area (Å²) in [6, 6.07) is -0.967. The van der Waals surface area contributed by atoms with E-state index in [-0.39, 0.29) is 40.5 Å². The average molecular weight is 549 g/mol. The van der Waals surface area contributed by atoms with E-state index in [0.717, 1.165) is 16.2 Å². The number of nitrogen functional groups attached to an aromatic ring is 1. The molecule has 0 aliphatic carbocycles. The molecule has 0 aromatic carbocycles. The van der Waals surface area contributed by atoms with Gasteiger partial charge < -0.3 is 31.5 Å². The lowest BCUT2D eigenvalue weighted by Gasteiger charge is -2.49. The molecule has 35 heavy (non-hydrogen) atoms. The monoisotopic (exact) mass is 548 g/mol. The minimum absolute atomic E-state index is 0.0833. The summed E-state index contributed by atoms with van der Waals surface area (Å²) in [5.41, 5.74) is 10.2. The van der Waals surface area contributed by atoms with Crippen LogP contribution in [0.3, 0.4) is 0 Å². The maximum Gasteiger partial charge on any atom is 0.352 e. The van der Waals surface area contributed by atoms with E-state index in [1.165, 1.54) is 31.2 Å². The molecule has 190 valence electrons. The van der Waals surface area contributed by atoms with E-state index in [1.54, 1.807) is 0 Å². The van der Waals surface area contributed by atoms with Crippen molar-refractivity contribution in [3.63, 3.8) is 0 Å². The first-order valence-electron chi connectivity index (χ1n) is 9.52. The highest BCUT2D eigenvalue weighted by molar-refractivity contribution is 8.00. The van der Waals surface area contributed by atoms with E-state index in [2.05, 4.69) is 26.0 Å². The topological polar surface area (TPSA) is 217 Å². The number of nitrogens with two attached hydrogens (primary N) is 2. The quantitative estimate of drug-likeness (QED) is 0.102. The first kappa shape index (κ1) is 27.9. The number of thioether (sulfide) groups is 1. The van der Waals surface area contributed by atoms with Crippen LogP contribution in [-0.4, -0.2) is 87.1 Å². The summed E-state index contributed by atoms with van der Waals surface area (Å²) in [5.74, 6) is -3.55. The smallest absolute Gasteiger partial charge is 0.352 e. The van der Waals surface area contributed by atoms with Crippen LogP contribution in [0, 0.1) is 0 Å². The van der Waals surface area contributed by atoms with Crippen LogP contribution in [0.5, 0.6) is 0 Å². The predicted molar refractivity (Wildman–Crippen MR) is 126 cm³/mol. The number of carboxylic acids is 1. The Labute approximate surface area is 211 Å². The Morgan fingerprint density at radius 3 is 2.54 bits per heavy atom. The van der Waals surface area contributed by atoms with Gasteiger partial charge >= 0.3 is 11.9 Å². The number of hydrogen-bond donors (Lipinski definition) is 4. The highest BCUT2D eigenvalue weighted by atomic mass is 35.5. The Bertz CT molecular complexity index is 1090. The Morgan fingerprint density at radius 2 is 2.06 bits per heavy atom. The van der Waals surface area contributed by atoms with Crippen molar-refractivity contribution in [1.29, 1.82) is 0 Å². The molecular formula is C18H21ClN6O8S2. The number of aromatic nitrogens is 1. The molecule has 2 aliphatic rings. The lowest BCUT2D eigenvalue weighted by molar-refractivity contribution is -0.150. The largest absolute Gasteiger partial charge is 0.477 e. The number of oxime groups is 1. The number of β-lactam (4-membered cyclic amide) rings is 1. The van der Waals surface area contributed by atoms with E-state index in [9.17, 15) is 29.1 Å². The lowest BCUT2D eigenvalue weighted by atomic mass is 10.0. The molecule has 0 bridgehead atoms. The molecule has 2 aliphatic heterocycles. The number of halogens is 1. The molecule has 6 N–H and O–H groups in total. The highest BCUT2D eigenvalue weighted by Crippen LogP contribution is 2.40. The third kappa shape index (κ3) is 6.83. The van der Waals surface area contributed by atoms with Crippen molar-refractivity contribution in [1.82, 2.24) is 15.2 Å². The Kier molecular flexibility index (Phi) is 9.85. The van der Waals surface area contributed by atoms with Crippen molar-refractivity contribution < 1.29 is 38.7 Å². The molecule has 3 amide bonds. The predicted octanol–water partition coefficient (Wildman–Crippen LogP) is -0.912. The zero-order valence-electron chi connectivity index (χ0n) is 18.3. The van der Waals surface area contributed by atoms with Crippen LogP contribution in [0.25, 0.3) is 0 Å². The standard InChI is InChI=1S/C16H17N5O7S2.C2H4ClNO/c1-6(22)28-3-7-4-29-14-10(13(24)21(14)11(7)15(25)26)19-12(23)9(20-27-2)8-5-30-16(17)18-8;3-1-2(4)5/h5,10,14H,3-4H2,1-2H3,(H2,17,18)(H,19,23)(H,25,26);1H2,(H2,4,5)/b20-9+;/t10-,14-;/m1./s1. The van der Waals surface area contributed by atoms with Crippen LogP contribution in [-0.2, 0) is 33.5 Å². The summed E-state index contributed by atoms with van der Waals surface area (Å²) < 4.78 is 4.88. The number of carboxylic acid groups (broad SMARTS) is 1. The van der Waals surface area contributed by atoms with Crippen LogP contribution in [0.2, 0.25) is 0 Å². The van der Waals surface area contributed by atoms with Gasteiger partial charge in [0.2, 0.25) is 5.91 Å². The van der Waals surface area contributed by atoms with Gasteiger partial charge in [-0.15, -0.1) is 34.7 Å². The normalized spacial score (nSPS) is 19.0. The number of nitrogens with one attached hydrogen (secondary N) is 1. The number of anilines is 1. The van der Waals surface area contributed by atoms with E-state index < -0.39 is 41.1 Å². The summed E-state index contributed by atoms with van der Waals surface area (Å²) >= 11 is 7.22. The molecule has 1 saturated heterocycles. The summed E-state index contributed by atoms with van der Waals surface area (Å²) in [6.07, 6.45) is 0. The molecule has 1 aromatic rings. The summed E-state index contributed by atoms with van der Waals surface area (Å²) in [5, 5.41) is 16.9. The van der Waals surface area contributed by atoms with Gasteiger partial charge in [0, 0.05) is 23.6 Å². The number of rotatable bonds is 8. The van der Waals surface area contributed by atoms with Gasteiger partial charge in [-0.25, -0.2) is 9.78 Å². The second kappa shape index (κ2) is 12.4. The van der Waals surface area contributed by atoms with Crippen LogP contribution in [0.1, 0.15) is 12.6 Å². The zero-order chi connectivity index (χ0) is 26.3. The molecule has 17 heteroatoms. The average Bonchev–Trinajstić information content (AvgIpc) is 3.24. The van der Waals surface area contributed by atoms with Crippen molar-refractivity contribution in [2.75, 3.05) is 31.1 Å². The molecule has 0 spiro atoms. The molecule has 0 unspecified atom stereocenters. The number of esters is 1. The van der Waals surface area contributed by atoms with Gasteiger partial charge in [0.15, 0.2) is 10.8 Å². The molecular weight excluding hydrogens is 528 g/mol. The van der Waals surface area contributed by atoms with Gasteiger partial charge in [-0.3, -0.25) is 24.1 Å². The number of alkyl halides is 1. The summed E-state index contributed by atoms with van der Waals surface area (Å²) in [6.45, 7) is 0.975. The Morgan fingerprint density at radius 1 is 1.40 bits per heavy atom. The Hall–Kier alpha value is -3.37. The zero-order valence-corrected chi connectivity index (χ0v) is 20.7. The first-order valence-corrected chi connectivity index (χ1v) is 12.0. The van der Waals surface area contributed by atoms with Crippen LogP contribution in [0.15, 0.2) is 21.8 Å². The molecule has 14 nitrogen and oxygen atoms in total. The van der Waals surface area contributed by atoms with Gasteiger partial charge in [0.05, 0.1) is 0 Å². The summed E-state index contributed by atoms with van der Waals surface area (Å²) in [7, 11) is 1.25. The summed E-state index contributed by atoms with van der Waals surface area (Å²) in [4.78, 5) is 67.2. The fourth-order valence-corrected chi connectivity index (χ4v) is 4.76. The number of primary amides is 1. The van der Waals surface area contributed by atoms with Gasteiger partial charge in [-0.1, -0.05) is 5.16 Å². The molecule has 3 heterocycles. The molecule has 2 atom stereocenters. The number of aliphatic carboxylic acids is 1. The van der Waals surface area contributed by atoms with E-state index in [0.29, 0.717) is 5.57 Å². The molecule has 0 saturated carbocycles. The number of ether oxygens (including phenoxy) is 1. The van der Waals surface area contributed by atoms with Crippen molar-refractivity contribution in [3.8, 4) is 0 Å². The van der Waals surface area contributed by atoms with Gasteiger partial charge in [-0.2, -0.15) is 0 Å². The van der Waals surface area contributed by atoms with E-state index in [1.807, 2.05) is 0 Å². The minimum atomic E-state index is -1.32. The number of amides is 3. The number of thiazole rings is 1. The third-order valence-electron chi connectivity index (χ3n) is 4.28. The molecule has 1 aromatic heterocycles. The van der Waals surface area contributed by atoms with Crippen molar-refractivity contribution in [2.24, 2.45) is 10.9 Å². The second-order valence-electron chi connectivity index (χ2n) is 6.69. The van der Waals surface area contributed by atoms with Crippen molar-refractivity contribution >= 4 is 75.2 Å². The van der Waals surface area contributed by atoms with Gasteiger partial charge in [-0.05, 0) is 0 Å². The number of carbonyl (C=O) groups is 5. The van der Waals surface area contributed by atoms with Crippen LogP contribution >= 0.6 is 34.7 Å². The van der Waals surface area contributed by atoms with Crippen molar-refractivity contribution in [2.45, 2.75) is 18.3 Å². The lowest BCUT2D eigenvalue weighted by Crippen LogP contribution is -2.71. The van der Waals surface area contributed by atoms with Crippen LogP contribution < -0.4 is 16.8 Å². The molecule has 0 radical (unpaired) electrons. The molecule has 1 fully saturated rings. The molecule has 3 rings (SSSR count). The fourth-order valence-electron chi connectivity index (χ4n) is 2.88. The van der Waals surface area contributed by atoms with E-state index >= 15 is 0 Å². The minimum Gasteiger partial charge on any atom is -0.477 e. The maximum atomic E-state index is 12.7. The third-order valence-corrected chi connectivity index (χ3v) is 6.56.